The van der Waals surface area contributed by atoms with Gasteiger partial charge in [-0.15, -0.1) is 0 Å². The standard InChI is InChI=1S/C25H24N6O2/c1-25(2,16-27)33-20-10-6-18(7-11-20)22-13-29-23-14-28-21(15-31(22)23)24(32)30(3)19-8-4-17(12-26)5-9-19/h4-11,13-15H,16,27H2,1-3H3. The number of hydrogen-bond acceptors (Lipinski definition) is 6. The van der Waals surface area contributed by atoms with E-state index >= 15 is 0 Å². The first-order valence-electron chi connectivity index (χ1n) is 10.4. The lowest BCUT2D eigenvalue weighted by molar-refractivity contribution is 0.0987. The van der Waals surface area contributed by atoms with Crippen molar-refractivity contribution in [2.24, 2.45) is 5.73 Å². The van der Waals surface area contributed by atoms with E-state index in [1.807, 2.05) is 42.5 Å². The van der Waals surface area contributed by atoms with Crippen molar-refractivity contribution in [3.8, 4) is 23.1 Å². The number of carbonyl (C=O) groups excluding carboxylic acids is 1. The van der Waals surface area contributed by atoms with Crippen molar-refractivity contribution in [1.29, 1.82) is 5.26 Å². The first kappa shape index (κ1) is 22.0. The van der Waals surface area contributed by atoms with Gasteiger partial charge in [0.15, 0.2) is 5.65 Å². The van der Waals surface area contributed by atoms with Gasteiger partial charge in [0.2, 0.25) is 0 Å². The fourth-order valence-corrected chi connectivity index (χ4v) is 3.32. The Balaban J connectivity index is 1.62. The lowest BCUT2D eigenvalue weighted by Crippen LogP contribution is -2.37. The largest absolute Gasteiger partial charge is 0.487 e. The second kappa shape index (κ2) is 8.73. The fourth-order valence-electron chi connectivity index (χ4n) is 3.32. The molecule has 8 nitrogen and oxygen atoms in total. The van der Waals surface area contributed by atoms with Crippen LogP contribution in [-0.4, -0.2) is 39.5 Å². The highest BCUT2D eigenvalue weighted by Crippen LogP contribution is 2.26. The van der Waals surface area contributed by atoms with Gasteiger partial charge in [-0.3, -0.25) is 9.20 Å². The molecule has 0 aliphatic carbocycles. The molecule has 0 saturated carbocycles. The van der Waals surface area contributed by atoms with Crippen LogP contribution in [0.4, 0.5) is 5.69 Å². The lowest BCUT2D eigenvalue weighted by atomic mass is 10.1. The van der Waals surface area contributed by atoms with E-state index in [4.69, 9.17) is 15.7 Å². The zero-order chi connectivity index (χ0) is 23.6. The van der Waals surface area contributed by atoms with Crippen LogP contribution in [0.2, 0.25) is 0 Å². The molecule has 33 heavy (non-hydrogen) atoms. The normalized spacial score (nSPS) is 11.2. The number of anilines is 1. The number of ether oxygens (including phenoxy) is 1. The number of amides is 1. The Hall–Kier alpha value is -4.22. The van der Waals surface area contributed by atoms with Crippen LogP contribution in [0.5, 0.6) is 5.75 Å². The molecule has 2 aromatic carbocycles. The lowest BCUT2D eigenvalue weighted by Gasteiger charge is -2.24. The van der Waals surface area contributed by atoms with Crippen LogP contribution in [0.15, 0.2) is 67.1 Å². The van der Waals surface area contributed by atoms with Crippen LogP contribution in [0.3, 0.4) is 0 Å². The quantitative estimate of drug-likeness (QED) is 0.490. The van der Waals surface area contributed by atoms with Gasteiger partial charge in [0.05, 0.1) is 29.7 Å². The summed E-state index contributed by atoms with van der Waals surface area (Å²) in [5, 5.41) is 8.97. The molecular formula is C25H24N6O2. The SMILES string of the molecule is CN(C(=O)c1cn2c(-c3ccc(OC(C)(C)CN)cc3)cnc2cn1)c1ccc(C#N)cc1. The molecule has 0 radical (unpaired) electrons. The maximum Gasteiger partial charge on any atom is 0.278 e. The van der Waals surface area contributed by atoms with Crippen LogP contribution in [0.1, 0.15) is 29.9 Å². The van der Waals surface area contributed by atoms with Gasteiger partial charge in [-0.25, -0.2) is 9.97 Å². The molecular weight excluding hydrogens is 416 g/mol. The van der Waals surface area contributed by atoms with Crippen LogP contribution in [0.25, 0.3) is 16.9 Å². The summed E-state index contributed by atoms with van der Waals surface area (Å²) in [4.78, 5) is 23.3. The smallest absolute Gasteiger partial charge is 0.278 e. The molecule has 4 rings (SSSR count). The number of benzene rings is 2. The van der Waals surface area contributed by atoms with Crippen molar-refractivity contribution >= 4 is 17.2 Å². The number of nitrogens with zero attached hydrogens (tertiary/aromatic N) is 5. The summed E-state index contributed by atoms with van der Waals surface area (Å²) < 4.78 is 7.76. The molecule has 4 aromatic rings. The molecule has 0 bridgehead atoms. The van der Waals surface area contributed by atoms with E-state index < -0.39 is 5.60 Å². The molecule has 2 N–H and O–H groups in total. The maximum atomic E-state index is 13.1. The summed E-state index contributed by atoms with van der Waals surface area (Å²) in [6, 6.07) is 16.5. The van der Waals surface area contributed by atoms with Crippen molar-refractivity contribution in [2.75, 3.05) is 18.5 Å². The third kappa shape index (κ3) is 4.54. The van der Waals surface area contributed by atoms with Crippen LogP contribution < -0.4 is 15.4 Å². The van der Waals surface area contributed by atoms with Gasteiger partial charge in [-0.05, 0) is 62.4 Å². The number of hydrogen-bond donors (Lipinski definition) is 1. The summed E-state index contributed by atoms with van der Waals surface area (Å²) in [5.74, 6) is 0.457. The first-order chi connectivity index (χ1) is 15.8. The molecule has 8 heteroatoms. The van der Waals surface area contributed by atoms with Gasteiger partial charge in [0.25, 0.3) is 5.91 Å². The molecule has 0 unspecified atom stereocenters. The van der Waals surface area contributed by atoms with Gasteiger partial charge >= 0.3 is 0 Å². The van der Waals surface area contributed by atoms with E-state index in [1.54, 1.807) is 49.9 Å². The van der Waals surface area contributed by atoms with Crippen molar-refractivity contribution in [3.05, 3.63) is 78.4 Å². The van der Waals surface area contributed by atoms with E-state index in [-0.39, 0.29) is 11.6 Å². The average Bonchev–Trinajstić information content (AvgIpc) is 3.26. The van der Waals surface area contributed by atoms with Crippen molar-refractivity contribution in [3.63, 3.8) is 0 Å². The Morgan fingerprint density at radius 2 is 1.82 bits per heavy atom. The minimum atomic E-state index is -0.452. The van der Waals surface area contributed by atoms with E-state index in [9.17, 15) is 4.79 Å². The average molecular weight is 441 g/mol. The summed E-state index contributed by atoms with van der Waals surface area (Å²) in [6.45, 7) is 4.28. The number of nitrogens with two attached hydrogens (primary N) is 1. The first-order valence-corrected chi connectivity index (χ1v) is 10.4. The van der Waals surface area contributed by atoms with Gasteiger partial charge in [0.1, 0.15) is 17.0 Å². The summed E-state index contributed by atoms with van der Waals surface area (Å²) in [6.07, 6.45) is 5.00. The van der Waals surface area contributed by atoms with Crippen molar-refractivity contribution in [2.45, 2.75) is 19.4 Å². The van der Waals surface area contributed by atoms with Gasteiger partial charge in [-0.1, -0.05) is 0 Å². The third-order valence-electron chi connectivity index (χ3n) is 5.34. The molecule has 1 amide bonds. The molecule has 0 spiro atoms. The molecule has 0 fully saturated rings. The Labute approximate surface area is 191 Å². The molecule has 2 heterocycles. The van der Waals surface area contributed by atoms with E-state index in [1.165, 1.54) is 4.90 Å². The molecule has 166 valence electrons. The number of fused-ring (bicyclic) bond motifs is 1. The molecule has 0 saturated heterocycles. The molecule has 0 aliphatic rings. The molecule has 2 aromatic heterocycles. The van der Waals surface area contributed by atoms with Crippen molar-refractivity contribution < 1.29 is 9.53 Å². The third-order valence-corrected chi connectivity index (χ3v) is 5.34. The van der Waals surface area contributed by atoms with Gasteiger partial charge < -0.3 is 15.4 Å². The number of carbonyl (C=O) groups is 1. The van der Waals surface area contributed by atoms with Crippen LogP contribution in [0, 0.1) is 11.3 Å². The highest BCUT2D eigenvalue weighted by molar-refractivity contribution is 6.04. The zero-order valence-corrected chi connectivity index (χ0v) is 18.7. The minimum absolute atomic E-state index is 0.269. The van der Waals surface area contributed by atoms with Crippen LogP contribution >= 0.6 is 0 Å². The number of nitriles is 1. The topological polar surface area (TPSA) is 110 Å². The van der Waals surface area contributed by atoms with Gasteiger partial charge in [-0.2, -0.15) is 5.26 Å². The predicted molar refractivity (Wildman–Crippen MR) is 126 cm³/mol. The van der Waals surface area contributed by atoms with E-state index in [2.05, 4.69) is 16.0 Å². The monoisotopic (exact) mass is 440 g/mol. The number of imidazole rings is 1. The number of aromatic nitrogens is 3. The summed E-state index contributed by atoms with van der Waals surface area (Å²) in [7, 11) is 1.67. The Bertz CT molecular complexity index is 1330. The second-order valence-corrected chi connectivity index (χ2v) is 8.26. The number of rotatable bonds is 6. The molecule has 0 atom stereocenters. The Morgan fingerprint density at radius 3 is 2.45 bits per heavy atom. The summed E-state index contributed by atoms with van der Waals surface area (Å²) in [5.41, 5.74) is 9.15. The van der Waals surface area contributed by atoms with Crippen LogP contribution in [-0.2, 0) is 0 Å². The second-order valence-electron chi connectivity index (χ2n) is 8.26. The Kier molecular flexibility index (Phi) is 5.82. The molecule has 0 aliphatic heterocycles. The van der Waals surface area contributed by atoms with Crippen molar-refractivity contribution in [1.82, 2.24) is 14.4 Å². The van der Waals surface area contributed by atoms with E-state index in [0.717, 1.165) is 17.0 Å². The predicted octanol–water partition coefficient (Wildman–Crippen LogP) is 3.66. The highest BCUT2D eigenvalue weighted by atomic mass is 16.5. The van der Waals surface area contributed by atoms with Gasteiger partial charge in [0, 0.05) is 31.0 Å². The van der Waals surface area contributed by atoms with E-state index in [0.29, 0.717) is 23.4 Å². The Morgan fingerprint density at radius 1 is 1.12 bits per heavy atom. The fraction of sp³-hybridized carbons (Fsp3) is 0.200. The summed E-state index contributed by atoms with van der Waals surface area (Å²) >= 11 is 0. The minimum Gasteiger partial charge on any atom is -0.487 e. The highest BCUT2D eigenvalue weighted by Gasteiger charge is 2.19. The zero-order valence-electron chi connectivity index (χ0n) is 18.7. The maximum absolute atomic E-state index is 13.1.